The maximum absolute atomic E-state index is 6.01. The molecule has 0 rings (SSSR count). The van der Waals surface area contributed by atoms with E-state index < -0.39 is 13.4 Å². The van der Waals surface area contributed by atoms with E-state index in [2.05, 4.69) is 0 Å². The van der Waals surface area contributed by atoms with Crippen molar-refractivity contribution in [2.24, 2.45) is 0 Å². The second-order valence-corrected chi connectivity index (χ2v) is 16.9. The van der Waals surface area contributed by atoms with Crippen molar-refractivity contribution in [3.63, 3.8) is 0 Å². The molecular formula is C6H12Cl4Si2. The monoisotopic (exact) mass is 280 g/mol. The van der Waals surface area contributed by atoms with Crippen LogP contribution in [0.1, 0.15) is 13.8 Å². The maximum Gasteiger partial charge on any atom is 0.273 e. The van der Waals surface area contributed by atoms with Crippen LogP contribution in [-0.2, 0) is 0 Å². The van der Waals surface area contributed by atoms with Crippen molar-refractivity contribution < 1.29 is 0 Å². The molecule has 0 spiro atoms. The van der Waals surface area contributed by atoms with Crippen molar-refractivity contribution in [3.05, 3.63) is 11.4 Å². The molecule has 0 aliphatic carbocycles. The molecule has 0 nitrogen and oxygen atoms in total. The highest BCUT2D eigenvalue weighted by Gasteiger charge is 2.27. The molecule has 0 unspecified atom stereocenters. The molecular weight excluding hydrogens is 270 g/mol. The van der Waals surface area contributed by atoms with Crippen LogP contribution in [0.5, 0.6) is 0 Å². The third-order valence-corrected chi connectivity index (χ3v) is 9.76. The second kappa shape index (κ2) is 5.27. The number of hydrogen-bond acceptors (Lipinski definition) is 0. The molecule has 0 aromatic heterocycles. The van der Waals surface area contributed by atoms with Crippen molar-refractivity contribution in [2.45, 2.75) is 25.9 Å². The van der Waals surface area contributed by atoms with Gasteiger partial charge < -0.3 is 0 Å². The summed E-state index contributed by atoms with van der Waals surface area (Å²) in [6.07, 6.45) is 0. The lowest BCUT2D eigenvalue weighted by Crippen LogP contribution is -2.19. The Labute approximate surface area is 94.7 Å². The summed E-state index contributed by atoms with van der Waals surface area (Å²) in [6, 6.07) is 1.57. The number of hydrogen-bond donors (Lipinski definition) is 0. The molecule has 0 fully saturated rings. The topological polar surface area (TPSA) is 0 Å². The Balaban J connectivity index is 4.23. The van der Waals surface area contributed by atoms with Crippen molar-refractivity contribution in [1.29, 1.82) is 0 Å². The molecule has 0 heterocycles. The normalized spacial score (nSPS) is 14.2. The van der Waals surface area contributed by atoms with Gasteiger partial charge in [-0.15, -0.1) is 44.3 Å². The highest BCUT2D eigenvalue weighted by molar-refractivity contribution is 7.50. The molecule has 0 aliphatic rings. The maximum atomic E-state index is 6.01. The van der Waals surface area contributed by atoms with Gasteiger partial charge in [-0.3, -0.25) is 0 Å². The fourth-order valence-corrected chi connectivity index (χ4v) is 5.17. The molecule has 0 atom stereocenters. The first-order valence-electron chi connectivity index (χ1n) is 3.79. The van der Waals surface area contributed by atoms with Gasteiger partial charge in [0.2, 0.25) is 0 Å². The van der Waals surface area contributed by atoms with Gasteiger partial charge in [0, 0.05) is 0 Å². The Hall–Kier alpha value is 1.33. The fraction of sp³-hybridized carbons (Fsp3) is 0.667. The molecule has 6 heteroatoms. The van der Waals surface area contributed by atoms with Gasteiger partial charge in [0.25, 0.3) is 13.4 Å². The zero-order chi connectivity index (χ0) is 9.83. The van der Waals surface area contributed by atoms with E-state index in [1.165, 1.54) is 0 Å². The van der Waals surface area contributed by atoms with Gasteiger partial charge in [0.15, 0.2) is 0 Å². The van der Waals surface area contributed by atoms with Crippen molar-refractivity contribution in [3.8, 4) is 0 Å². The summed E-state index contributed by atoms with van der Waals surface area (Å²) < 4.78 is 0. The van der Waals surface area contributed by atoms with Crippen LogP contribution >= 0.6 is 44.3 Å². The molecule has 0 N–H and O–H groups in total. The van der Waals surface area contributed by atoms with E-state index in [9.17, 15) is 0 Å². The highest BCUT2D eigenvalue weighted by atomic mass is 35.7. The van der Waals surface area contributed by atoms with Crippen LogP contribution in [0.4, 0.5) is 0 Å². The molecule has 0 saturated carbocycles. The molecule has 0 bridgehead atoms. The fourth-order valence-electron chi connectivity index (χ4n) is 0.480. The van der Waals surface area contributed by atoms with E-state index in [1.54, 1.807) is 0 Å². The van der Waals surface area contributed by atoms with Crippen molar-refractivity contribution in [1.82, 2.24) is 0 Å². The van der Waals surface area contributed by atoms with E-state index in [0.29, 0.717) is 0 Å². The molecule has 0 aromatic carbocycles. The van der Waals surface area contributed by atoms with Gasteiger partial charge >= 0.3 is 0 Å². The van der Waals surface area contributed by atoms with Gasteiger partial charge in [-0.2, -0.15) is 0 Å². The second-order valence-electron chi connectivity index (χ2n) is 2.56. The van der Waals surface area contributed by atoms with Gasteiger partial charge in [0.1, 0.15) is 0 Å². The molecule has 0 saturated heterocycles. The van der Waals surface area contributed by atoms with Crippen molar-refractivity contribution in [2.75, 3.05) is 0 Å². The molecule has 0 radical (unpaired) electrons. The zero-order valence-electron chi connectivity index (χ0n) is 7.08. The minimum atomic E-state index is -2.17. The quantitative estimate of drug-likeness (QED) is 0.526. The predicted octanol–water partition coefficient (Wildman–Crippen LogP) is 4.50. The summed E-state index contributed by atoms with van der Waals surface area (Å²) in [6.45, 7) is -0.414. The lowest BCUT2D eigenvalue weighted by molar-refractivity contribution is 1.44. The Morgan fingerprint density at radius 1 is 0.833 bits per heavy atom. The molecule has 0 amide bonds. The van der Waals surface area contributed by atoms with E-state index in [-0.39, 0.29) is 0 Å². The van der Waals surface area contributed by atoms with Crippen LogP contribution in [0, 0.1) is 0 Å². The first-order valence-corrected chi connectivity index (χ1v) is 12.4. The highest BCUT2D eigenvalue weighted by Crippen LogP contribution is 2.26. The summed E-state index contributed by atoms with van der Waals surface area (Å²) >= 11 is 24.0. The summed E-state index contributed by atoms with van der Waals surface area (Å²) in [5, 5.41) is 0. The van der Waals surface area contributed by atoms with Crippen LogP contribution in [0.25, 0.3) is 0 Å². The van der Waals surface area contributed by atoms with Crippen LogP contribution in [0.15, 0.2) is 11.4 Å². The van der Waals surface area contributed by atoms with Crippen LogP contribution in [0.3, 0.4) is 0 Å². The number of halogens is 4. The Morgan fingerprint density at radius 3 is 1.25 bits per heavy atom. The third-order valence-electron chi connectivity index (χ3n) is 1.51. The minimum Gasteiger partial charge on any atom is -0.140 e. The minimum absolute atomic E-state index is 0.786. The van der Waals surface area contributed by atoms with E-state index >= 15 is 0 Å². The smallest absolute Gasteiger partial charge is 0.140 e. The van der Waals surface area contributed by atoms with Gasteiger partial charge in [0.05, 0.1) is 0 Å². The van der Waals surface area contributed by atoms with Gasteiger partial charge in [-0.05, 0) is 12.1 Å². The first-order chi connectivity index (χ1) is 5.33. The van der Waals surface area contributed by atoms with Crippen LogP contribution in [-0.4, -0.2) is 13.4 Å². The molecule has 12 heavy (non-hydrogen) atoms. The summed E-state index contributed by atoms with van der Waals surface area (Å²) in [5.41, 5.74) is 3.65. The molecule has 72 valence electrons. The standard InChI is InChI=1S/C6H12Cl4Si2/c1-3-11(7,8)5-6-12(9,10)4-2/h5-6H,3-4H2,1-2H3/b6-5+. The van der Waals surface area contributed by atoms with E-state index in [1.807, 2.05) is 25.2 Å². The molecule has 0 aliphatic heterocycles. The zero-order valence-corrected chi connectivity index (χ0v) is 12.1. The van der Waals surface area contributed by atoms with E-state index in [4.69, 9.17) is 44.3 Å². The van der Waals surface area contributed by atoms with Crippen LogP contribution < -0.4 is 0 Å². The average molecular weight is 282 g/mol. The average Bonchev–Trinajstić information content (AvgIpc) is 2.02. The summed E-state index contributed by atoms with van der Waals surface area (Å²) in [5.74, 6) is 0. The lowest BCUT2D eigenvalue weighted by atomic mass is 11.0. The van der Waals surface area contributed by atoms with E-state index in [0.717, 1.165) is 12.1 Å². The lowest BCUT2D eigenvalue weighted by Gasteiger charge is -2.11. The van der Waals surface area contributed by atoms with Gasteiger partial charge in [-0.1, -0.05) is 25.2 Å². The first kappa shape index (κ1) is 13.3. The van der Waals surface area contributed by atoms with Crippen molar-refractivity contribution >= 4 is 57.7 Å². The Morgan fingerprint density at radius 2 is 1.08 bits per heavy atom. The number of rotatable bonds is 4. The Bertz CT molecular complexity index is 149. The summed E-state index contributed by atoms with van der Waals surface area (Å²) in [4.78, 5) is 0. The Kier molecular flexibility index (Phi) is 5.86. The molecule has 0 aromatic rings. The van der Waals surface area contributed by atoms with Crippen LogP contribution in [0.2, 0.25) is 12.1 Å². The SMILES string of the molecule is CC[Si](Cl)(Cl)/C=C/[Si](Cl)(Cl)CC. The summed E-state index contributed by atoms with van der Waals surface area (Å²) in [7, 11) is 0. The third kappa shape index (κ3) is 5.89. The predicted molar refractivity (Wildman–Crippen MR) is 65.0 cm³/mol. The van der Waals surface area contributed by atoms with Gasteiger partial charge in [-0.25, -0.2) is 0 Å². The largest absolute Gasteiger partial charge is 0.273 e.